The van der Waals surface area contributed by atoms with E-state index in [1.165, 1.54) is 0 Å². The largest absolute Gasteiger partial charge is 0.392 e. The summed E-state index contributed by atoms with van der Waals surface area (Å²) in [6.45, 7) is 1.60. The second-order valence-electron chi connectivity index (χ2n) is 9.25. The van der Waals surface area contributed by atoms with Crippen LogP contribution in [0.25, 0.3) is 22.4 Å². The van der Waals surface area contributed by atoms with Crippen LogP contribution in [0, 0.1) is 0 Å². The minimum atomic E-state index is -0.351. The van der Waals surface area contributed by atoms with E-state index < -0.39 is 0 Å². The minimum Gasteiger partial charge on any atom is -0.392 e. The Hall–Kier alpha value is -4.02. The number of nitrogens with one attached hydrogen (secondary N) is 2. The first kappa shape index (κ1) is 22.4. The number of aromatic nitrogens is 4. The number of urea groups is 1. The molecule has 2 aliphatic rings. The van der Waals surface area contributed by atoms with E-state index >= 15 is 0 Å². The predicted molar refractivity (Wildman–Crippen MR) is 137 cm³/mol. The molecular weight excluding hydrogens is 458 g/mol. The van der Waals surface area contributed by atoms with Crippen molar-refractivity contribution < 1.29 is 14.6 Å². The van der Waals surface area contributed by atoms with Gasteiger partial charge in [0.05, 0.1) is 30.4 Å². The van der Waals surface area contributed by atoms with Crippen LogP contribution < -0.4 is 15.5 Å². The molecule has 36 heavy (non-hydrogen) atoms. The van der Waals surface area contributed by atoms with Crippen molar-refractivity contribution >= 4 is 34.3 Å². The maximum absolute atomic E-state index is 12.4. The number of benzene rings is 2. The molecule has 0 spiro atoms. The summed E-state index contributed by atoms with van der Waals surface area (Å²) in [6, 6.07) is 14.1. The lowest BCUT2D eigenvalue weighted by molar-refractivity contribution is 0.0303. The molecule has 2 aromatic heterocycles. The Kier molecular flexibility index (Phi) is 5.74. The Labute approximate surface area is 207 Å². The summed E-state index contributed by atoms with van der Waals surface area (Å²) < 4.78 is 7.79. The topological polar surface area (TPSA) is 117 Å². The highest BCUT2D eigenvalue weighted by Gasteiger charge is 2.35. The average Bonchev–Trinajstić information content (AvgIpc) is 3.44. The third kappa shape index (κ3) is 4.36. The van der Waals surface area contributed by atoms with Gasteiger partial charge in [-0.2, -0.15) is 5.10 Å². The number of aryl methyl sites for hydroxylation is 1. The van der Waals surface area contributed by atoms with Gasteiger partial charge >= 0.3 is 6.03 Å². The predicted octanol–water partition coefficient (Wildman–Crippen LogP) is 3.53. The third-order valence-electron chi connectivity index (χ3n) is 6.71. The molecule has 0 radical (unpaired) electrons. The zero-order valence-corrected chi connectivity index (χ0v) is 19.9. The number of carbonyl (C=O) groups excluding carboxylic acids is 1. The van der Waals surface area contributed by atoms with E-state index in [0.717, 1.165) is 53.9 Å². The number of ether oxygens (including phenoxy) is 1. The van der Waals surface area contributed by atoms with Crippen molar-refractivity contribution in [3.05, 3.63) is 60.3 Å². The van der Waals surface area contributed by atoms with Crippen LogP contribution >= 0.6 is 0 Å². The molecular formula is C26H27N7O3. The maximum atomic E-state index is 12.4. The van der Waals surface area contributed by atoms with E-state index in [4.69, 9.17) is 19.8 Å². The summed E-state index contributed by atoms with van der Waals surface area (Å²) in [6.07, 6.45) is 4.50. The van der Waals surface area contributed by atoms with Gasteiger partial charge in [0.1, 0.15) is 5.82 Å². The Morgan fingerprint density at radius 1 is 1.00 bits per heavy atom. The average molecular weight is 486 g/mol. The fraction of sp³-hybridized carbons (Fsp3) is 0.308. The molecule has 2 aromatic carbocycles. The molecule has 6 rings (SSSR count). The summed E-state index contributed by atoms with van der Waals surface area (Å²) in [5.41, 5.74) is 3.70. The molecule has 2 amide bonds. The Balaban J connectivity index is 1.22. The third-order valence-corrected chi connectivity index (χ3v) is 6.71. The monoisotopic (exact) mass is 485 g/mol. The van der Waals surface area contributed by atoms with Crippen molar-refractivity contribution in [2.24, 2.45) is 7.05 Å². The van der Waals surface area contributed by atoms with Crippen LogP contribution in [-0.2, 0) is 18.4 Å². The zero-order chi connectivity index (χ0) is 24.6. The number of aliphatic hydroxyl groups is 1. The Bertz CT molecular complexity index is 1390. The van der Waals surface area contributed by atoms with E-state index in [0.29, 0.717) is 17.2 Å². The molecule has 2 aliphatic heterocycles. The number of amides is 2. The van der Waals surface area contributed by atoms with Crippen LogP contribution in [0.1, 0.15) is 18.4 Å². The molecule has 3 N–H and O–H groups in total. The molecule has 4 aromatic rings. The second kappa shape index (κ2) is 9.21. The highest BCUT2D eigenvalue weighted by Crippen LogP contribution is 2.33. The fourth-order valence-electron chi connectivity index (χ4n) is 4.85. The molecule has 2 fully saturated rings. The van der Waals surface area contributed by atoms with Gasteiger partial charge in [0.25, 0.3) is 0 Å². The van der Waals surface area contributed by atoms with Crippen molar-refractivity contribution in [3.8, 4) is 11.4 Å². The van der Waals surface area contributed by atoms with E-state index in [-0.39, 0.29) is 24.8 Å². The van der Waals surface area contributed by atoms with Crippen LogP contribution in [0.15, 0.2) is 54.7 Å². The lowest BCUT2D eigenvalue weighted by atomic mass is 10.2. The number of nitrogens with zero attached hydrogens (tertiary/aromatic N) is 5. The second-order valence-corrected chi connectivity index (χ2v) is 9.25. The van der Waals surface area contributed by atoms with Gasteiger partial charge in [-0.1, -0.05) is 12.1 Å². The first-order valence-electron chi connectivity index (χ1n) is 12.0. The molecule has 2 atom stereocenters. The number of fused-ring (bicyclic) bond motifs is 3. The number of hydrogen-bond acceptors (Lipinski definition) is 7. The molecule has 0 aliphatic carbocycles. The van der Waals surface area contributed by atoms with E-state index in [9.17, 15) is 4.79 Å². The Morgan fingerprint density at radius 2 is 1.64 bits per heavy atom. The summed E-state index contributed by atoms with van der Waals surface area (Å²) in [5, 5.41) is 20.1. The van der Waals surface area contributed by atoms with Gasteiger partial charge in [-0.3, -0.25) is 4.68 Å². The van der Waals surface area contributed by atoms with Gasteiger partial charge in [0, 0.05) is 37.1 Å². The van der Waals surface area contributed by atoms with Crippen LogP contribution in [0.4, 0.5) is 22.0 Å². The fourth-order valence-corrected chi connectivity index (χ4v) is 4.85. The summed E-state index contributed by atoms with van der Waals surface area (Å²) in [4.78, 5) is 24.4. The number of morpholine rings is 1. The van der Waals surface area contributed by atoms with Crippen LogP contribution in [0.2, 0.25) is 0 Å². The molecule has 184 valence electrons. The van der Waals surface area contributed by atoms with Crippen molar-refractivity contribution in [2.75, 3.05) is 28.6 Å². The van der Waals surface area contributed by atoms with Crippen molar-refractivity contribution in [1.29, 1.82) is 0 Å². The quantitative estimate of drug-likeness (QED) is 0.396. The summed E-state index contributed by atoms with van der Waals surface area (Å²) in [5.74, 6) is 1.50. The van der Waals surface area contributed by atoms with Crippen molar-refractivity contribution in [3.63, 3.8) is 0 Å². The number of aliphatic hydroxyl groups excluding tert-OH is 1. The zero-order valence-electron chi connectivity index (χ0n) is 19.9. The molecule has 2 bridgehead atoms. The molecule has 4 heterocycles. The van der Waals surface area contributed by atoms with Crippen LogP contribution in [-0.4, -0.2) is 56.2 Å². The van der Waals surface area contributed by atoms with Gasteiger partial charge in [-0.15, -0.1) is 0 Å². The first-order chi connectivity index (χ1) is 17.6. The molecule has 2 unspecified atom stereocenters. The summed E-state index contributed by atoms with van der Waals surface area (Å²) >= 11 is 0. The molecule has 10 heteroatoms. The normalized spacial score (nSPS) is 19.0. The summed E-state index contributed by atoms with van der Waals surface area (Å²) in [7, 11) is 1.88. The minimum absolute atomic E-state index is 0.0367. The maximum Gasteiger partial charge on any atom is 0.323 e. The van der Waals surface area contributed by atoms with Crippen molar-refractivity contribution in [1.82, 2.24) is 19.7 Å². The lowest BCUT2D eigenvalue weighted by Crippen LogP contribution is -2.43. The van der Waals surface area contributed by atoms with Crippen LogP contribution in [0.3, 0.4) is 0 Å². The molecule has 0 saturated carbocycles. The smallest absolute Gasteiger partial charge is 0.323 e. The van der Waals surface area contributed by atoms with Crippen LogP contribution in [0.5, 0.6) is 0 Å². The van der Waals surface area contributed by atoms with Gasteiger partial charge in [-0.05, 0) is 54.8 Å². The van der Waals surface area contributed by atoms with E-state index in [1.807, 2.05) is 37.5 Å². The van der Waals surface area contributed by atoms with Gasteiger partial charge < -0.3 is 25.4 Å². The number of rotatable bonds is 5. The molecule has 2 saturated heterocycles. The van der Waals surface area contributed by atoms with E-state index in [2.05, 4.69) is 20.6 Å². The van der Waals surface area contributed by atoms with Crippen molar-refractivity contribution in [2.45, 2.75) is 31.7 Å². The number of carbonyl (C=O) groups is 1. The number of anilines is 3. The Morgan fingerprint density at radius 3 is 2.28 bits per heavy atom. The lowest BCUT2D eigenvalue weighted by Gasteiger charge is -2.33. The molecule has 10 nitrogen and oxygen atoms in total. The van der Waals surface area contributed by atoms with Gasteiger partial charge in [0.15, 0.2) is 11.5 Å². The SMILES string of the molecule is Cn1ncc2c(N3CC4CCC(C3)O4)nc(-c3ccc(NC(=O)Nc4ccc(CO)cc4)cc3)nc21. The standard InChI is InChI=1S/C26H27N7O3/c1-32-24-22(12-27-32)25(33-13-20-10-11-21(14-33)36-20)31-23(30-24)17-4-8-19(9-5-17)29-26(35)28-18-6-2-16(15-34)3-7-18/h2-9,12,20-21,34H,10-11,13-15H2,1H3,(H2,28,29,35). The number of hydrogen-bond donors (Lipinski definition) is 3. The van der Waals surface area contributed by atoms with Gasteiger partial charge in [0.2, 0.25) is 0 Å². The first-order valence-corrected chi connectivity index (χ1v) is 12.0. The highest BCUT2D eigenvalue weighted by molar-refractivity contribution is 5.99. The highest BCUT2D eigenvalue weighted by atomic mass is 16.5. The van der Waals surface area contributed by atoms with E-state index in [1.54, 1.807) is 28.9 Å². The van der Waals surface area contributed by atoms with Gasteiger partial charge in [-0.25, -0.2) is 14.8 Å².